The number of aromatic nitrogens is 4. The summed E-state index contributed by atoms with van der Waals surface area (Å²) in [6, 6.07) is 16.0. The largest absolute Gasteiger partial charge is 0.339 e. The van der Waals surface area contributed by atoms with Crippen molar-refractivity contribution in [1.82, 2.24) is 24.8 Å². The fraction of sp³-hybridized carbons (Fsp3) is 0.333. The molecule has 7 nitrogen and oxygen atoms in total. The van der Waals surface area contributed by atoms with E-state index in [0.717, 1.165) is 42.6 Å². The summed E-state index contributed by atoms with van der Waals surface area (Å²) in [4.78, 5) is 19.9. The summed E-state index contributed by atoms with van der Waals surface area (Å²) in [5, 5.41) is 10.3. The van der Waals surface area contributed by atoms with E-state index >= 15 is 0 Å². The van der Waals surface area contributed by atoms with Gasteiger partial charge in [-0.3, -0.25) is 9.69 Å². The minimum absolute atomic E-state index is 0.0674. The topological polar surface area (TPSA) is 77.1 Å². The lowest BCUT2D eigenvalue weighted by molar-refractivity contribution is 0.142. The molecule has 1 saturated heterocycles. The van der Waals surface area contributed by atoms with Crippen LogP contribution in [0.15, 0.2) is 57.8 Å². The summed E-state index contributed by atoms with van der Waals surface area (Å²) in [7, 11) is 0. The second kappa shape index (κ2) is 8.07. The summed E-state index contributed by atoms with van der Waals surface area (Å²) >= 11 is 0. The van der Waals surface area contributed by atoms with Gasteiger partial charge in [0.1, 0.15) is 0 Å². The molecule has 158 valence electrons. The van der Waals surface area contributed by atoms with Gasteiger partial charge in [-0.25, -0.2) is 4.68 Å². The van der Waals surface area contributed by atoms with Gasteiger partial charge in [0.05, 0.1) is 23.7 Å². The van der Waals surface area contributed by atoms with Gasteiger partial charge in [-0.1, -0.05) is 53.2 Å². The molecule has 0 radical (unpaired) electrons. The van der Waals surface area contributed by atoms with E-state index in [4.69, 9.17) is 9.62 Å². The standard InChI is InChI=1S/C24H25N5O2/c1-16-9-11-18(12-10-16)22-20-7-3-4-8-21(20)24(30)29(26-22)15-28-13-5-6-19(14-28)23-25-17(2)27-31-23/h3-4,7-12,19H,5-6,13-15H2,1-2H3. The Morgan fingerprint density at radius 3 is 2.58 bits per heavy atom. The fourth-order valence-electron chi connectivity index (χ4n) is 4.31. The van der Waals surface area contributed by atoms with Crippen LogP contribution in [-0.2, 0) is 6.67 Å². The second-order valence-electron chi connectivity index (χ2n) is 8.30. The van der Waals surface area contributed by atoms with Gasteiger partial charge in [0.15, 0.2) is 5.82 Å². The van der Waals surface area contributed by atoms with Gasteiger partial charge in [0, 0.05) is 17.5 Å². The highest BCUT2D eigenvalue weighted by molar-refractivity contribution is 5.93. The van der Waals surface area contributed by atoms with E-state index in [1.54, 1.807) is 4.68 Å². The van der Waals surface area contributed by atoms with Crippen molar-refractivity contribution in [3.05, 3.63) is 76.2 Å². The molecular weight excluding hydrogens is 390 g/mol. The summed E-state index contributed by atoms with van der Waals surface area (Å²) < 4.78 is 6.99. The van der Waals surface area contributed by atoms with Crippen LogP contribution >= 0.6 is 0 Å². The average molecular weight is 415 g/mol. The molecule has 1 unspecified atom stereocenters. The van der Waals surface area contributed by atoms with Gasteiger partial charge < -0.3 is 4.52 Å². The van der Waals surface area contributed by atoms with Crippen LogP contribution in [0.3, 0.4) is 0 Å². The van der Waals surface area contributed by atoms with Crippen molar-refractivity contribution in [2.24, 2.45) is 0 Å². The van der Waals surface area contributed by atoms with Crippen molar-refractivity contribution in [1.29, 1.82) is 0 Å². The molecular formula is C24H25N5O2. The maximum Gasteiger partial charge on any atom is 0.275 e. The van der Waals surface area contributed by atoms with Crippen LogP contribution in [0.25, 0.3) is 22.0 Å². The van der Waals surface area contributed by atoms with Gasteiger partial charge >= 0.3 is 0 Å². The van der Waals surface area contributed by atoms with E-state index < -0.39 is 0 Å². The third-order valence-electron chi connectivity index (χ3n) is 5.92. The molecule has 5 rings (SSSR count). The molecule has 4 aromatic rings. The predicted octanol–water partition coefficient (Wildman–Crippen LogP) is 3.90. The Balaban J connectivity index is 1.50. The highest BCUT2D eigenvalue weighted by Crippen LogP contribution is 2.27. The highest BCUT2D eigenvalue weighted by Gasteiger charge is 2.26. The van der Waals surface area contributed by atoms with Gasteiger partial charge in [-0.15, -0.1) is 0 Å². The Labute approximate surface area is 180 Å². The van der Waals surface area contributed by atoms with Crippen molar-refractivity contribution in [3.63, 3.8) is 0 Å². The first kappa shape index (κ1) is 19.6. The van der Waals surface area contributed by atoms with E-state index in [1.165, 1.54) is 5.56 Å². The Hall–Kier alpha value is -3.32. The van der Waals surface area contributed by atoms with Crippen LogP contribution in [0.1, 0.15) is 36.0 Å². The molecule has 1 aliphatic rings. The summed E-state index contributed by atoms with van der Waals surface area (Å²) in [5.41, 5.74) is 2.96. The van der Waals surface area contributed by atoms with E-state index in [0.29, 0.717) is 23.8 Å². The van der Waals surface area contributed by atoms with E-state index in [1.807, 2.05) is 31.2 Å². The molecule has 0 aliphatic carbocycles. The molecule has 1 atom stereocenters. The van der Waals surface area contributed by atoms with Crippen molar-refractivity contribution >= 4 is 10.8 Å². The summed E-state index contributed by atoms with van der Waals surface area (Å²) in [6.45, 7) is 6.01. The number of likely N-dealkylation sites (tertiary alicyclic amines) is 1. The van der Waals surface area contributed by atoms with Crippen LogP contribution in [-0.4, -0.2) is 37.9 Å². The maximum atomic E-state index is 13.2. The van der Waals surface area contributed by atoms with Crippen molar-refractivity contribution in [2.45, 2.75) is 39.3 Å². The van der Waals surface area contributed by atoms with Gasteiger partial charge in [0.25, 0.3) is 5.56 Å². The minimum atomic E-state index is -0.0674. The van der Waals surface area contributed by atoms with Crippen LogP contribution < -0.4 is 5.56 Å². The first-order valence-electron chi connectivity index (χ1n) is 10.7. The van der Waals surface area contributed by atoms with E-state index in [2.05, 4.69) is 46.2 Å². The zero-order chi connectivity index (χ0) is 21.4. The zero-order valence-corrected chi connectivity index (χ0v) is 17.8. The Morgan fingerprint density at radius 2 is 1.84 bits per heavy atom. The van der Waals surface area contributed by atoms with E-state index in [-0.39, 0.29) is 11.5 Å². The van der Waals surface area contributed by atoms with Crippen LogP contribution in [0.4, 0.5) is 0 Å². The number of hydrogen-bond donors (Lipinski definition) is 0. The van der Waals surface area contributed by atoms with Gasteiger partial charge in [-0.05, 0) is 39.3 Å². The van der Waals surface area contributed by atoms with Gasteiger partial charge in [0.2, 0.25) is 5.89 Å². The number of benzene rings is 2. The average Bonchev–Trinajstić information content (AvgIpc) is 3.23. The molecule has 2 aromatic heterocycles. The fourth-order valence-corrected chi connectivity index (χ4v) is 4.31. The van der Waals surface area contributed by atoms with Crippen molar-refractivity contribution < 1.29 is 4.52 Å². The number of fused-ring (bicyclic) bond motifs is 1. The molecule has 0 bridgehead atoms. The lowest BCUT2D eigenvalue weighted by atomic mass is 9.98. The highest BCUT2D eigenvalue weighted by atomic mass is 16.5. The Kier molecular flexibility index (Phi) is 5.11. The second-order valence-corrected chi connectivity index (χ2v) is 8.30. The molecule has 7 heteroatoms. The molecule has 0 amide bonds. The molecule has 0 saturated carbocycles. The predicted molar refractivity (Wildman–Crippen MR) is 119 cm³/mol. The first-order chi connectivity index (χ1) is 15.1. The Bertz CT molecular complexity index is 1280. The third kappa shape index (κ3) is 3.88. The SMILES string of the molecule is Cc1ccc(-c2nn(CN3CCCC(c4nc(C)no4)C3)c(=O)c3ccccc23)cc1. The molecule has 0 spiro atoms. The molecule has 1 aliphatic heterocycles. The number of nitrogens with zero attached hydrogens (tertiary/aromatic N) is 5. The normalized spacial score (nSPS) is 17.3. The lowest BCUT2D eigenvalue weighted by Crippen LogP contribution is -2.39. The third-order valence-corrected chi connectivity index (χ3v) is 5.92. The Morgan fingerprint density at radius 1 is 1.06 bits per heavy atom. The van der Waals surface area contributed by atoms with Crippen LogP contribution in [0.2, 0.25) is 0 Å². The molecule has 2 aromatic carbocycles. The van der Waals surface area contributed by atoms with Gasteiger partial charge in [-0.2, -0.15) is 10.1 Å². The van der Waals surface area contributed by atoms with E-state index in [9.17, 15) is 4.79 Å². The lowest BCUT2D eigenvalue weighted by Gasteiger charge is -2.31. The quantitative estimate of drug-likeness (QED) is 0.503. The van der Waals surface area contributed by atoms with Crippen LogP contribution in [0.5, 0.6) is 0 Å². The number of piperidine rings is 1. The number of aryl methyl sites for hydroxylation is 2. The molecule has 0 N–H and O–H groups in total. The molecule has 3 heterocycles. The summed E-state index contributed by atoms with van der Waals surface area (Å²) in [6.07, 6.45) is 2.02. The molecule has 1 fully saturated rings. The zero-order valence-electron chi connectivity index (χ0n) is 17.8. The number of rotatable bonds is 4. The number of hydrogen-bond acceptors (Lipinski definition) is 6. The first-order valence-corrected chi connectivity index (χ1v) is 10.7. The van der Waals surface area contributed by atoms with Crippen molar-refractivity contribution in [2.75, 3.05) is 13.1 Å². The van der Waals surface area contributed by atoms with Crippen molar-refractivity contribution in [3.8, 4) is 11.3 Å². The monoisotopic (exact) mass is 415 g/mol. The molecule has 31 heavy (non-hydrogen) atoms. The smallest absolute Gasteiger partial charge is 0.275 e. The maximum absolute atomic E-state index is 13.2. The van der Waals surface area contributed by atoms with Crippen LogP contribution in [0, 0.1) is 13.8 Å². The summed E-state index contributed by atoms with van der Waals surface area (Å²) in [5.74, 6) is 1.52. The minimum Gasteiger partial charge on any atom is -0.339 e.